The van der Waals surface area contributed by atoms with Crippen LogP contribution in [0.4, 0.5) is 0 Å². The van der Waals surface area contributed by atoms with Gasteiger partial charge in [-0.25, -0.2) is 4.79 Å². The fourth-order valence-corrected chi connectivity index (χ4v) is 2.17. The van der Waals surface area contributed by atoms with Gasteiger partial charge < -0.3 is 5.11 Å². The van der Waals surface area contributed by atoms with E-state index in [2.05, 4.69) is 6.92 Å². The van der Waals surface area contributed by atoms with E-state index in [0.717, 1.165) is 25.1 Å². The third kappa shape index (κ3) is 2.67. The first-order valence-electron chi connectivity index (χ1n) is 6.11. The standard InChI is InChI=1S/C14H21NO2/c1-4-11-15(5-2)14(3,13(16)17)12-9-7-6-8-10-12/h6-10H,4-5,11H2,1-3H3,(H,16,17). The number of rotatable bonds is 6. The van der Waals surface area contributed by atoms with E-state index in [9.17, 15) is 9.90 Å². The lowest BCUT2D eigenvalue weighted by molar-refractivity contribution is -0.151. The van der Waals surface area contributed by atoms with Crippen LogP contribution in [0.25, 0.3) is 0 Å². The first kappa shape index (κ1) is 13.7. The van der Waals surface area contributed by atoms with Crippen LogP contribution in [-0.2, 0) is 10.3 Å². The van der Waals surface area contributed by atoms with Gasteiger partial charge in [-0.15, -0.1) is 0 Å². The Hall–Kier alpha value is -1.35. The van der Waals surface area contributed by atoms with Crippen molar-refractivity contribution in [1.82, 2.24) is 4.90 Å². The predicted octanol–water partition coefficient (Wildman–Crippen LogP) is 2.72. The van der Waals surface area contributed by atoms with E-state index in [1.54, 1.807) is 6.92 Å². The summed E-state index contributed by atoms with van der Waals surface area (Å²) in [5.41, 5.74) is -0.103. The Morgan fingerprint density at radius 1 is 1.29 bits per heavy atom. The molecule has 17 heavy (non-hydrogen) atoms. The van der Waals surface area contributed by atoms with E-state index in [0.29, 0.717) is 0 Å². The molecule has 0 aromatic heterocycles. The topological polar surface area (TPSA) is 40.5 Å². The lowest BCUT2D eigenvalue weighted by Gasteiger charge is -2.37. The zero-order valence-electron chi connectivity index (χ0n) is 10.8. The Kier molecular flexibility index (Phi) is 4.70. The molecule has 1 aromatic carbocycles. The minimum atomic E-state index is -0.938. The van der Waals surface area contributed by atoms with Gasteiger partial charge in [0.25, 0.3) is 0 Å². The van der Waals surface area contributed by atoms with Gasteiger partial charge >= 0.3 is 5.97 Å². The minimum Gasteiger partial charge on any atom is -0.480 e. The van der Waals surface area contributed by atoms with Crippen molar-refractivity contribution in [3.63, 3.8) is 0 Å². The highest BCUT2D eigenvalue weighted by Crippen LogP contribution is 2.28. The molecule has 94 valence electrons. The van der Waals surface area contributed by atoms with Crippen LogP contribution in [0.15, 0.2) is 30.3 Å². The summed E-state index contributed by atoms with van der Waals surface area (Å²) in [7, 11) is 0. The number of carboxylic acids is 1. The summed E-state index contributed by atoms with van der Waals surface area (Å²) in [6, 6.07) is 9.44. The Balaban J connectivity index is 3.17. The summed E-state index contributed by atoms with van der Waals surface area (Å²) in [6.45, 7) is 7.36. The SMILES string of the molecule is CCCN(CC)C(C)(C(=O)O)c1ccccc1. The quantitative estimate of drug-likeness (QED) is 0.824. The second-order valence-electron chi connectivity index (χ2n) is 4.32. The molecule has 0 radical (unpaired) electrons. The Morgan fingerprint density at radius 2 is 1.88 bits per heavy atom. The highest BCUT2D eigenvalue weighted by atomic mass is 16.4. The molecular weight excluding hydrogens is 214 g/mol. The second kappa shape index (κ2) is 5.82. The van der Waals surface area contributed by atoms with Crippen molar-refractivity contribution >= 4 is 5.97 Å². The number of hydrogen-bond donors (Lipinski definition) is 1. The van der Waals surface area contributed by atoms with E-state index in [1.807, 2.05) is 42.2 Å². The van der Waals surface area contributed by atoms with Gasteiger partial charge in [0.2, 0.25) is 0 Å². The third-order valence-electron chi connectivity index (χ3n) is 3.26. The first-order valence-corrected chi connectivity index (χ1v) is 6.11. The molecule has 0 saturated heterocycles. The molecule has 1 aromatic rings. The molecule has 0 amide bonds. The van der Waals surface area contributed by atoms with E-state index in [-0.39, 0.29) is 0 Å². The van der Waals surface area contributed by atoms with Crippen LogP contribution in [0, 0.1) is 0 Å². The molecule has 1 rings (SSSR count). The van der Waals surface area contributed by atoms with Crippen LogP contribution in [0.1, 0.15) is 32.8 Å². The van der Waals surface area contributed by atoms with Crippen molar-refractivity contribution < 1.29 is 9.90 Å². The molecule has 0 fully saturated rings. The van der Waals surface area contributed by atoms with E-state index in [4.69, 9.17) is 0 Å². The molecule has 1 unspecified atom stereocenters. The van der Waals surface area contributed by atoms with Gasteiger partial charge in [0, 0.05) is 0 Å². The van der Waals surface area contributed by atoms with Crippen molar-refractivity contribution in [1.29, 1.82) is 0 Å². The second-order valence-corrected chi connectivity index (χ2v) is 4.32. The normalized spacial score (nSPS) is 14.6. The third-order valence-corrected chi connectivity index (χ3v) is 3.26. The van der Waals surface area contributed by atoms with Crippen LogP contribution >= 0.6 is 0 Å². The summed E-state index contributed by atoms with van der Waals surface area (Å²) >= 11 is 0. The van der Waals surface area contributed by atoms with Gasteiger partial charge in [0.1, 0.15) is 5.54 Å². The van der Waals surface area contributed by atoms with Crippen LogP contribution < -0.4 is 0 Å². The van der Waals surface area contributed by atoms with Crippen LogP contribution in [-0.4, -0.2) is 29.1 Å². The van der Waals surface area contributed by atoms with Crippen molar-refractivity contribution in [3.8, 4) is 0 Å². The summed E-state index contributed by atoms with van der Waals surface area (Å²) in [4.78, 5) is 13.7. The Bertz CT molecular complexity index is 364. The zero-order chi connectivity index (χ0) is 12.9. The maximum absolute atomic E-state index is 11.7. The highest BCUT2D eigenvalue weighted by molar-refractivity contribution is 5.80. The maximum Gasteiger partial charge on any atom is 0.328 e. The zero-order valence-corrected chi connectivity index (χ0v) is 10.8. The molecule has 0 spiro atoms. The van der Waals surface area contributed by atoms with Crippen molar-refractivity contribution in [2.24, 2.45) is 0 Å². The van der Waals surface area contributed by atoms with E-state index < -0.39 is 11.5 Å². The van der Waals surface area contributed by atoms with Crippen LogP contribution in [0.3, 0.4) is 0 Å². The smallest absolute Gasteiger partial charge is 0.328 e. The molecule has 0 saturated carbocycles. The van der Waals surface area contributed by atoms with E-state index >= 15 is 0 Å². The highest BCUT2D eigenvalue weighted by Gasteiger charge is 2.39. The number of benzene rings is 1. The maximum atomic E-state index is 11.7. The molecular formula is C14H21NO2. The summed E-state index contributed by atoms with van der Waals surface area (Å²) in [6.07, 6.45) is 0.948. The monoisotopic (exact) mass is 235 g/mol. The fourth-order valence-electron chi connectivity index (χ4n) is 2.17. The largest absolute Gasteiger partial charge is 0.480 e. The molecule has 0 heterocycles. The molecule has 3 nitrogen and oxygen atoms in total. The molecule has 0 aliphatic carbocycles. The van der Waals surface area contributed by atoms with Crippen molar-refractivity contribution in [2.45, 2.75) is 32.7 Å². The molecule has 3 heteroatoms. The van der Waals surface area contributed by atoms with Crippen molar-refractivity contribution in [2.75, 3.05) is 13.1 Å². The van der Waals surface area contributed by atoms with Crippen LogP contribution in [0.2, 0.25) is 0 Å². The first-order chi connectivity index (χ1) is 8.07. The van der Waals surface area contributed by atoms with Gasteiger partial charge in [-0.2, -0.15) is 0 Å². The summed E-state index contributed by atoms with van der Waals surface area (Å²) in [5, 5.41) is 9.57. The molecule has 0 aliphatic heterocycles. The van der Waals surface area contributed by atoms with Gasteiger partial charge in [-0.1, -0.05) is 44.2 Å². The van der Waals surface area contributed by atoms with Gasteiger partial charge in [0.05, 0.1) is 0 Å². The predicted molar refractivity (Wildman–Crippen MR) is 69.0 cm³/mol. The number of carbonyl (C=O) groups is 1. The number of likely N-dealkylation sites (N-methyl/N-ethyl adjacent to an activating group) is 1. The Labute approximate surface area is 103 Å². The Morgan fingerprint density at radius 3 is 2.29 bits per heavy atom. The summed E-state index contributed by atoms with van der Waals surface area (Å²) < 4.78 is 0. The van der Waals surface area contributed by atoms with E-state index in [1.165, 1.54) is 0 Å². The van der Waals surface area contributed by atoms with Gasteiger partial charge in [-0.3, -0.25) is 4.90 Å². The molecule has 1 atom stereocenters. The molecule has 0 aliphatic rings. The lowest BCUT2D eigenvalue weighted by Crippen LogP contribution is -2.50. The fraction of sp³-hybridized carbons (Fsp3) is 0.500. The van der Waals surface area contributed by atoms with Gasteiger partial charge in [0.15, 0.2) is 0 Å². The number of hydrogen-bond acceptors (Lipinski definition) is 2. The average molecular weight is 235 g/mol. The molecule has 1 N–H and O–H groups in total. The van der Waals surface area contributed by atoms with Gasteiger partial charge in [-0.05, 0) is 32.0 Å². The number of nitrogens with zero attached hydrogens (tertiary/aromatic N) is 1. The summed E-state index contributed by atoms with van der Waals surface area (Å²) in [5.74, 6) is -0.793. The number of aliphatic carboxylic acids is 1. The van der Waals surface area contributed by atoms with Crippen LogP contribution in [0.5, 0.6) is 0 Å². The van der Waals surface area contributed by atoms with Crippen molar-refractivity contribution in [3.05, 3.63) is 35.9 Å². The number of carboxylic acid groups (broad SMARTS) is 1. The molecule has 0 bridgehead atoms. The lowest BCUT2D eigenvalue weighted by atomic mass is 9.90. The minimum absolute atomic E-state index is 0.728. The average Bonchev–Trinajstić information content (AvgIpc) is 2.35.